The Hall–Kier alpha value is -0.760. The van der Waals surface area contributed by atoms with Gasteiger partial charge in [-0.1, -0.05) is 13.3 Å². The van der Waals surface area contributed by atoms with Gasteiger partial charge in [0.1, 0.15) is 11.5 Å². The molecular formula is C19H27NO. The molecule has 4 saturated carbocycles. The maximum atomic E-state index is 6.04. The van der Waals surface area contributed by atoms with Crippen LogP contribution >= 0.6 is 0 Å². The van der Waals surface area contributed by atoms with E-state index in [1.54, 1.807) is 0 Å². The number of hydrogen-bond acceptors (Lipinski definition) is 2. The second-order valence-corrected chi connectivity index (χ2v) is 8.26. The summed E-state index contributed by atoms with van der Waals surface area (Å²) >= 11 is 0. The van der Waals surface area contributed by atoms with Crippen molar-refractivity contribution in [2.24, 2.45) is 29.6 Å². The van der Waals surface area contributed by atoms with Gasteiger partial charge in [-0.25, -0.2) is 0 Å². The van der Waals surface area contributed by atoms with Crippen molar-refractivity contribution >= 4 is 0 Å². The Morgan fingerprint density at radius 3 is 2.81 bits per heavy atom. The molecule has 7 atom stereocenters. The minimum Gasteiger partial charge on any atom is -0.464 e. The van der Waals surface area contributed by atoms with Gasteiger partial charge in [-0.15, -0.1) is 0 Å². The zero-order valence-corrected chi connectivity index (χ0v) is 13.1. The number of fused-ring (bicyclic) bond motifs is 5. The van der Waals surface area contributed by atoms with Gasteiger partial charge >= 0.3 is 0 Å². The van der Waals surface area contributed by atoms with Crippen LogP contribution in [0.2, 0.25) is 0 Å². The minimum absolute atomic E-state index is 0.709. The summed E-state index contributed by atoms with van der Waals surface area (Å²) in [6.45, 7) is 3.25. The maximum absolute atomic E-state index is 6.04. The Bertz CT molecular complexity index is 535. The molecule has 1 heterocycles. The van der Waals surface area contributed by atoms with E-state index in [4.69, 9.17) is 4.42 Å². The Morgan fingerprint density at radius 1 is 1.10 bits per heavy atom. The molecule has 4 aliphatic rings. The van der Waals surface area contributed by atoms with E-state index in [-0.39, 0.29) is 0 Å². The first kappa shape index (κ1) is 12.8. The number of nitrogens with one attached hydrogen (secondary N) is 1. The monoisotopic (exact) mass is 285 g/mol. The third-order valence-corrected chi connectivity index (χ3v) is 7.12. The third kappa shape index (κ3) is 2.02. The molecule has 4 aliphatic carbocycles. The summed E-state index contributed by atoms with van der Waals surface area (Å²) in [6, 6.07) is 5.17. The molecule has 1 N–H and O–H groups in total. The SMILES string of the molecule is CC1CC1c1ccc(CNC2CC3CC2C2CCCC32)o1. The Balaban J connectivity index is 1.21. The Morgan fingerprint density at radius 2 is 1.95 bits per heavy atom. The van der Waals surface area contributed by atoms with E-state index in [9.17, 15) is 0 Å². The van der Waals surface area contributed by atoms with Crippen LogP contribution in [0.4, 0.5) is 0 Å². The van der Waals surface area contributed by atoms with Gasteiger partial charge in [0.25, 0.3) is 0 Å². The molecule has 1 aromatic heterocycles. The van der Waals surface area contributed by atoms with Crippen LogP contribution in [0.3, 0.4) is 0 Å². The average Bonchev–Trinajstić information content (AvgIpc) is 3.00. The van der Waals surface area contributed by atoms with Gasteiger partial charge in [0.05, 0.1) is 6.54 Å². The molecule has 4 fully saturated rings. The molecule has 0 aliphatic heterocycles. The van der Waals surface area contributed by atoms with Crippen molar-refractivity contribution in [3.05, 3.63) is 23.7 Å². The highest BCUT2D eigenvalue weighted by Gasteiger charge is 2.53. The van der Waals surface area contributed by atoms with Gasteiger partial charge < -0.3 is 9.73 Å². The predicted octanol–water partition coefficient (Wildman–Crippen LogP) is 4.32. The lowest BCUT2D eigenvalue weighted by atomic mass is 9.79. The smallest absolute Gasteiger partial charge is 0.117 e. The highest BCUT2D eigenvalue weighted by molar-refractivity contribution is 5.17. The molecular weight excluding hydrogens is 258 g/mol. The summed E-state index contributed by atoms with van der Waals surface area (Å²) in [6.07, 6.45) is 8.79. The van der Waals surface area contributed by atoms with Gasteiger partial charge in [-0.2, -0.15) is 0 Å². The van der Waals surface area contributed by atoms with Crippen molar-refractivity contribution < 1.29 is 4.42 Å². The van der Waals surface area contributed by atoms with Crippen molar-refractivity contribution in [3.63, 3.8) is 0 Å². The van der Waals surface area contributed by atoms with Crippen LogP contribution in [0, 0.1) is 29.6 Å². The lowest BCUT2D eigenvalue weighted by molar-refractivity contribution is 0.205. The quantitative estimate of drug-likeness (QED) is 0.891. The lowest BCUT2D eigenvalue weighted by Crippen LogP contribution is -2.38. The summed E-state index contributed by atoms with van der Waals surface area (Å²) < 4.78 is 6.04. The van der Waals surface area contributed by atoms with E-state index in [0.29, 0.717) is 5.92 Å². The molecule has 2 nitrogen and oxygen atoms in total. The molecule has 0 radical (unpaired) electrons. The largest absolute Gasteiger partial charge is 0.464 e. The summed E-state index contributed by atoms with van der Waals surface area (Å²) in [5.74, 6) is 8.08. The van der Waals surface area contributed by atoms with Crippen molar-refractivity contribution in [1.82, 2.24) is 5.32 Å². The van der Waals surface area contributed by atoms with Crippen molar-refractivity contribution in [2.45, 2.75) is 64.0 Å². The van der Waals surface area contributed by atoms with Gasteiger partial charge in [0.2, 0.25) is 0 Å². The van der Waals surface area contributed by atoms with Gasteiger partial charge in [-0.05, 0) is 73.8 Å². The molecule has 114 valence electrons. The summed E-state index contributed by atoms with van der Waals surface area (Å²) in [7, 11) is 0. The molecule has 5 rings (SSSR count). The van der Waals surface area contributed by atoms with E-state index < -0.39 is 0 Å². The van der Waals surface area contributed by atoms with Crippen LogP contribution in [0.15, 0.2) is 16.5 Å². The van der Waals surface area contributed by atoms with Gasteiger partial charge in [0, 0.05) is 12.0 Å². The van der Waals surface area contributed by atoms with Crippen molar-refractivity contribution in [2.75, 3.05) is 0 Å². The predicted molar refractivity (Wildman–Crippen MR) is 82.9 cm³/mol. The molecule has 2 heteroatoms. The van der Waals surface area contributed by atoms with Crippen molar-refractivity contribution in [3.8, 4) is 0 Å². The molecule has 0 aromatic carbocycles. The van der Waals surface area contributed by atoms with Crippen LogP contribution in [0.25, 0.3) is 0 Å². The highest BCUT2D eigenvalue weighted by Crippen LogP contribution is 2.58. The topological polar surface area (TPSA) is 25.2 Å². The third-order valence-electron chi connectivity index (χ3n) is 7.12. The number of rotatable bonds is 4. The van der Waals surface area contributed by atoms with Crippen LogP contribution in [-0.4, -0.2) is 6.04 Å². The van der Waals surface area contributed by atoms with E-state index >= 15 is 0 Å². The fraction of sp³-hybridized carbons (Fsp3) is 0.789. The van der Waals surface area contributed by atoms with E-state index in [1.807, 2.05) is 0 Å². The number of furan rings is 1. The molecule has 1 aromatic rings. The lowest BCUT2D eigenvalue weighted by Gasteiger charge is -2.32. The number of hydrogen-bond donors (Lipinski definition) is 1. The Kier molecular flexibility index (Phi) is 2.80. The van der Waals surface area contributed by atoms with E-state index in [2.05, 4.69) is 24.4 Å². The standard InChI is InChI=1S/C19H27NO/c1-11-7-16(11)19-6-5-13(21-19)10-20-18-9-12-8-17(18)15-4-2-3-14(12)15/h5-6,11-12,14-18,20H,2-4,7-10H2,1H3. The maximum Gasteiger partial charge on any atom is 0.117 e. The first-order valence-electron chi connectivity index (χ1n) is 9.11. The highest BCUT2D eigenvalue weighted by atomic mass is 16.3. The normalized spacial score (nSPS) is 47.0. The first-order valence-corrected chi connectivity index (χ1v) is 9.11. The molecule has 7 unspecified atom stereocenters. The van der Waals surface area contributed by atoms with Gasteiger partial charge in [-0.3, -0.25) is 0 Å². The molecule has 0 saturated heterocycles. The second kappa shape index (κ2) is 4.62. The zero-order valence-electron chi connectivity index (χ0n) is 13.1. The van der Waals surface area contributed by atoms with Gasteiger partial charge in [0.15, 0.2) is 0 Å². The van der Waals surface area contributed by atoms with Crippen LogP contribution in [-0.2, 0) is 6.54 Å². The fourth-order valence-electron chi connectivity index (χ4n) is 5.94. The molecule has 21 heavy (non-hydrogen) atoms. The van der Waals surface area contributed by atoms with E-state index in [0.717, 1.165) is 47.9 Å². The zero-order chi connectivity index (χ0) is 14.0. The molecule has 2 bridgehead atoms. The van der Waals surface area contributed by atoms with Crippen LogP contribution in [0.1, 0.15) is 62.9 Å². The fourth-order valence-corrected chi connectivity index (χ4v) is 5.94. The minimum atomic E-state index is 0.709. The summed E-state index contributed by atoms with van der Waals surface area (Å²) in [4.78, 5) is 0. The molecule has 0 amide bonds. The Labute approximate surface area is 127 Å². The van der Waals surface area contributed by atoms with Crippen LogP contribution < -0.4 is 5.32 Å². The molecule has 0 spiro atoms. The first-order chi connectivity index (χ1) is 10.3. The summed E-state index contributed by atoms with van der Waals surface area (Å²) in [5.41, 5.74) is 0. The summed E-state index contributed by atoms with van der Waals surface area (Å²) in [5, 5.41) is 3.83. The van der Waals surface area contributed by atoms with Crippen molar-refractivity contribution in [1.29, 1.82) is 0 Å². The average molecular weight is 285 g/mol. The second-order valence-electron chi connectivity index (χ2n) is 8.26. The van der Waals surface area contributed by atoms with E-state index in [1.165, 1.54) is 44.3 Å². The van der Waals surface area contributed by atoms with Crippen LogP contribution in [0.5, 0.6) is 0 Å².